The highest BCUT2D eigenvalue weighted by atomic mass is 16.1. The van der Waals surface area contributed by atoms with Gasteiger partial charge in [-0.2, -0.15) is 0 Å². The fourth-order valence-electron chi connectivity index (χ4n) is 3.10. The lowest BCUT2D eigenvalue weighted by atomic mass is 10.1. The van der Waals surface area contributed by atoms with Gasteiger partial charge in [-0.1, -0.05) is 24.3 Å². The molecule has 2 aromatic heterocycles. The number of nitrogens with one attached hydrogen (secondary N) is 2. The molecule has 6 heteroatoms. The van der Waals surface area contributed by atoms with E-state index in [0.29, 0.717) is 11.4 Å². The normalized spacial score (nSPS) is 11.4. The van der Waals surface area contributed by atoms with E-state index in [1.54, 1.807) is 12.5 Å². The fourth-order valence-corrected chi connectivity index (χ4v) is 3.10. The molecule has 0 radical (unpaired) electrons. The van der Waals surface area contributed by atoms with Crippen molar-refractivity contribution in [2.24, 2.45) is 0 Å². The van der Waals surface area contributed by atoms with Crippen LogP contribution in [-0.2, 0) is 0 Å². The number of imidazole rings is 2. The SMILES string of the molecule is O=c1[nH]c2cccccc-2c1-c1nc2cc(-n3ccnc3)ccc2[nH]1. The summed E-state index contributed by atoms with van der Waals surface area (Å²) in [6.07, 6.45) is 5.35. The quantitative estimate of drug-likeness (QED) is 0.522. The van der Waals surface area contributed by atoms with Gasteiger partial charge in [0.1, 0.15) is 5.82 Å². The smallest absolute Gasteiger partial charge is 0.260 e. The summed E-state index contributed by atoms with van der Waals surface area (Å²) < 4.78 is 1.92. The van der Waals surface area contributed by atoms with Gasteiger partial charge in [-0.25, -0.2) is 9.97 Å². The van der Waals surface area contributed by atoms with Gasteiger partial charge in [-0.05, 0) is 24.3 Å². The van der Waals surface area contributed by atoms with E-state index in [0.717, 1.165) is 28.0 Å². The summed E-state index contributed by atoms with van der Waals surface area (Å²) in [5.74, 6) is 0.570. The number of H-pyrrole nitrogens is 2. The van der Waals surface area contributed by atoms with Gasteiger partial charge < -0.3 is 14.5 Å². The lowest BCUT2D eigenvalue weighted by molar-refractivity contribution is 1.06. The lowest BCUT2D eigenvalue weighted by Gasteiger charge is -2.00. The van der Waals surface area contributed by atoms with Crippen molar-refractivity contribution in [1.29, 1.82) is 0 Å². The Kier molecular flexibility index (Phi) is 2.84. The third kappa shape index (κ3) is 2.15. The Morgan fingerprint density at radius 1 is 1.00 bits per heavy atom. The van der Waals surface area contributed by atoms with Crippen molar-refractivity contribution in [3.63, 3.8) is 0 Å². The van der Waals surface area contributed by atoms with E-state index >= 15 is 0 Å². The van der Waals surface area contributed by atoms with Gasteiger partial charge in [-0.3, -0.25) is 4.79 Å². The van der Waals surface area contributed by atoms with Crippen LogP contribution in [0.3, 0.4) is 0 Å². The van der Waals surface area contributed by atoms with Crippen LogP contribution in [0.1, 0.15) is 0 Å². The maximum absolute atomic E-state index is 12.4. The molecule has 2 aliphatic rings. The Morgan fingerprint density at radius 2 is 1.92 bits per heavy atom. The molecule has 3 heterocycles. The zero-order chi connectivity index (χ0) is 16.8. The van der Waals surface area contributed by atoms with Crippen LogP contribution in [0.5, 0.6) is 0 Å². The van der Waals surface area contributed by atoms with Crippen LogP contribution in [0.2, 0.25) is 0 Å². The number of fused-ring (bicyclic) bond motifs is 2. The van der Waals surface area contributed by atoms with E-state index in [4.69, 9.17) is 0 Å². The van der Waals surface area contributed by atoms with E-state index < -0.39 is 0 Å². The first-order chi connectivity index (χ1) is 12.3. The van der Waals surface area contributed by atoms with E-state index in [2.05, 4.69) is 19.9 Å². The van der Waals surface area contributed by atoms with Crippen LogP contribution >= 0.6 is 0 Å². The van der Waals surface area contributed by atoms with Crippen LogP contribution in [0.25, 0.3) is 39.4 Å². The maximum Gasteiger partial charge on any atom is 0.260 e. The molecule has 1 aromatic carbocycles. The van der Waals surface area contributed by atoms with Crippen molar-refractivity contribution in [3.8, 4) is 28.3 Å². The monoisotopic (exact) mass is 327 g/mol. The van der Waals surface area contributed by atoms with Gasteiger partial charge in [0.15, 0.2) is 0 Å². The standard InChI is InChI=1S/C19H13N5O/c25-19-17(13-4-2-1-3-5-14(13)23-19)18-21-15-7-6-12(10-16(15)22-18)24-9-8-20-11-24/h1-11H,(H,21,22)(H,23,25). The molecular weight excluding hydrogens is 314 g/mol. The van der Waals surface area contributed by atoms with Crippen LogP contribution in [-0.4, -0.2) is 24.5 Å². The van der Waals surface area contributed by atoms with E-state index in [-0.39, 0.29) is 5.56 Å². The van der Waals surface area contributed by atoms with E-state index in [9.17, 15) is 4.79 Å². The van der Waals surface area contributed by atoms with Crippen LogP contribution in [0.15, 0.2) is 72.0 Å². The predicted molar refractivity (Wildman–Crippen MR) is 95.9 cm³/mol. The van der Waals surface area contributed by atoms with Crippen molar-refractivity contribution >= 4 is 11.0 Å². The van der Waals surface area contributed by atoms with Crippen molar-refractivity contribution < 1.29 is 0 Å². The third-order valence-electron chi connectivity index (χ3n) is 4.29. The summed E-state index contributed by atoms with van der Waals surface area (Å²) in [7, 11) is 0. The van der Waals surface area contributed by atoms with Gasteiger partial charge in [0.05, 0.1) is 22.9 Å². The number of benzene rings is 1. The van der Waals surface area contributed by atoms with Gasteiger partial charge >= 0.3 is 0 Å². The largest absolute Gasteiger partial charge is 0.338 e. The molecule has 0 bridgehead atoms. The third-order valence-corrected chi connectivity index (χ3v) is 4.29. The average Bonchev–Trinajstić information content (AvgIpc) is 3.30. The Morgan fingerprint density at radius 3 is 2.80 bits per heavy atom. The highest BCUT2D eigenvalue weighted by Crippen LogP contribution is 2.29. The Hall–Kier alpha value is -3.67. The second-order valence-corrected chi connectivity index (χ2v) is 5.82. The number of aromatic amines is 2. The molecule has 0 saturated heterocycles. The summed E-state index contributed by atoms with van der Waals surface area (Å²) in [6, 6.07) is 15.5. The molecular formula is C19H13N5O. The first-order valence-electron chi connectivity index (χ1n) is 7.89. The molecule has 120 valence electrons. The molecule has 6 nitrogen and oxygen atoms in total. The summed E-state index contributed by atoms with van der Waals surface area (Å²) >= 11 is 0. The van der Waals surface area contributed by atoms with Crippen LogP contribution in [0, 0.1) is 0 Å². The zero-order valence-corrected chi connectivity index (χ0v) is 13.1. The Labute approximate surface area is 142 Å². The fraction of sp³-hybridized carbons (Fsp3) is 0. The molecule has 0 fully saturated rings. The molecule has 1 aliphatic carbocycles. The lowest BCUT2D eigenvalue weighted by Crippen LogP contribution is -2.01. The molecule has 0 spiro atoms. The summed E-state index contributed by atoms with van der Waals surface area (Å²) in [5.41, 5.74) is 4.72. The molecule has 3 aromatic rings. The molecule has 1 aliphatic heterocycles. The average molecular weight is 327 g/mol. The highest BCUT2D eigenvalue weighted by molar-refractivity contribution is 5.86. The number of hydrogen-bond donors (Lipinski definition) is 2. The summed E-state index contributed by atoms with van der Waals surface area (Å²) in [5, 5.41) is 0. The molecule has 0 unspecified atom stereocenters. The molecule has 0 saturated carbocycles. The minimum atomic E-state index is -0.143. The highest BCUT2D eigenvalue weighted by Gasteiger charge is 2.18. The van der Waals surface area contributed by atoms with Gasteiger partial charge in [0.2, 0.25) is 0 Å². The number of aromatic nitrogens is 5. The van der Waals surface area contributed by atoms with E-state index in [1.807, 2.05) is 59.3 Å². The summed E-state index contributed by atoms with van der Waals surface area (Å²) in [6.45, 7) is 0. The Bertz CT molecular complexity index is 1220. The molecule has 2 N–H and O–H groups in total. The predicted octanol–water partition coefficient (Wildman–Crippen LogP) is 3.21. The van der Waals surface area contributed by atoms with Crippen molar-refractivity contribution in [2.75, 3.05) is 0 Å². The van der Waals surface area contributed by atoms with Gasteiger partial charge in [-0.15, -0.1) is 0 Å². The number of hydrogen-bond acceptors (Lipinski definition) is 3. The second-order valence-electron chi connectivity index (χ2n) is 5.82. The Balaban J connectivity index is 1.70. The van der Waals surface area contributed by atoms with Gasteiger partial charge in [0.25, 0.3) is 5.56 Å². The van der Waals surface area contributed by atoms with Crippen molar-refractivity contribution in [2.45, 2.75) is 0 Å². The van der Waals surface area contributed by atoms with Crippen molar-refractivity contribution in [3.05, 3.63) is 77.6 Å². The number of nitrogens with zero attached hydrogens (tertiary/aromatic N) is 3. The molecule has 5 rings (SSSR count). The molecule has 25 heavy (non-hydrogen) atoms. The second kappa shape index (κ2) is 5.17. The number of rotatable bonds is 2. The maximum atomic E-state index is 12.4. The molecule has 0 atom stereocenters. The first-order valence-corrected chi connectivity index (χ1v) is 7.89. The van der Waals surface area contributed by atoms with Gasteiger partial charge in [0, 0.05) is 29.3 Å². The first kappa shape index (κ1) is 13.7. The van der Waals surface area contributed by atoms with Crippen molar-refractivity contribution in [1.82, 2.24) is 24.5 Å². The zero-order valence-electron chi connectivity index (χ0n) is 13.1. The minimum absolute atomic E-state index is 0.143. The molecule has 0 amide bonds. The topological polar surface area (TPSA) is 79.4 Å². The minimum Gasteiger partial charge on any atom is -0.338 e. The van der Waals surface area contributed by atoms with Crippen LogP contribution in [0.4, 0.5) is 0 Å². The van der Waals surface area contributed by atoms with Crippen LogP contribution < -0.4 is 5.56 Å². The summed E-state index contributed by atoms with van der Waals surface area (Å²) in [4.78, 5) is 27.3. The van der Waals surface area contributed by atoms with E-state index in [1.165, 1.54) is 0 Å².